The smallest absolute Gasteiger partial charge is 0.180 e. The number of hydrogen-bond acceptors (Lipinski definition) is 5. The van der Waals surface area contributed by atoms with Crippen LogP contribution in [0.3, 0.4) is 0 Å². The standard InChI is InChI=1S/C14H14O5S/c1-20(18,19)10-7-5-9(6-8-10)14(17)13-11(15)3-2-4-12(13)16/h5-8,13H,2-4H2,1H3. The minimum atomic E-state index is -3.34. The molecule has 0 aromatic heterocycles. The first-order chi connectivity index (χ1) is 9.30. The van der Waals surface area contributed by atoms with Crippen molar-refractivity contribution in [1.29, 1.82) is 0 Å². The quantitative estimate of drug-likeness (QED) is 0.618. The lowest BCUT2D eigenvalue weighted by Gasteiger charge is -2.18. The summed E-state index contributed by atoms with van der Waals surface area (Å²) in [5, 5.41) is 0. The molecule has 0 heterocycles. The Morgan fingerprint density at radius 1 is 1.05 bits per heavy atom. The molecule has 6 heteroatoms. The van der Waals surface area contributed by atoms with Gasteiger partial charge in [0.05, 0.1) is 4.90 Å². The number of benzene rings is 1. The molecule has 1 aliphatic carbocycles. The molecular formula is C14H14O5S. The molecule has 1 aromatic rings. The van der Waals surface area contributed by atoms with Gasteiger partial charge < -0.3 is 0 Å². The predicted octanol–water partition coefficient (Wildman–Crippen LogP) is 1.21. The maximum absolute atomic E-state index is 12.2. The zero-order chi connectivity index (χ0) is 14.9. The molecule has 106 valence electrons. The molecule has 1 fully saturated rings. The maximum Gasteiger partial charge on any atom is 0.180 e. The minimum absolute atomic E-state index is 0.0929. The third-order valence-electron chi connectivity index (χ3n) is 3.32. The van der Waals surface area contributed by atoms with Crippen molar-refractivity contribution in [3.05, 3.63) is 29.8 Å². The molecule has 0 bridgehead atoms. The fourth-order valence-corrected chi connectivity index (χ4v) is 2.86. The van der Waals surface area contributed by atoms with Gasteiger partial charge in [-0.2, -0.15) is 0 Å². The number of Topliss-reactive ketones (excluding diaryl/α,β-unsaturated/α-hetero) is 3. The van der Waals surface area contributed by atoms with Crippen LogP contribution in [0.5, 0.6) is 0 Å². The van der Waals surface area contributed by atoms with Crippen LogP contribution in [-0.4, -0.2) is 32.0 Å². The Morgan fingerprint density at radius 2 is 1.55 bits per heavy atom. The average Bonchev–Trinajstić information content (AvgIpc) is 2.37. The molecule has 0 spiro atoms. The number of ketones is 3. The highest BCUT2D eigenvalue weighted by Gasteiger charge is 2.36. The Labute approximate surface area is 116 Å². The molecule has 5 nitrogen and oxygen atoms in total. The Bertz CT molecular complexity index is 654. The third kappa shape index (κ3) is 2.85. The first kappa shape index (κ1) is 14.6. The van der Waals surface area contributed by atoms with Gasteiger partial charge in [-0.25, -0.2) is 8.42 Å². The van der Waals surface area contributed by atoms with E-state index in [1.807, 2.05) is 0 Å². The van der Waals surface area contributed by atoms with E-state index >= 15 is 0 Å². The highest BCUT2D eigenvalue weighted by Crippen LogP contribution is 2.22. The van der Waals surface area contributed by atoms with E-state index in [-0.39, 0.29) is 34.9 Å². The molecule has 0 N–H and O–H groups in total. The van der Waals surface area contributed by atoms with Gasteiger partial charge in [-0.15, -0.1) is 0 Å². The summed E-state index contributed by atoms with van der Waals surface area (Å²) >= 11 is 0. The van der Waals surface area contributed by atoms with Crippen LogP contribution in [-0.2, 0) is 19.4 Å². The molecule has 0 aliphatic heterocycles. The Hall–Kier alpha value is -1.82. The lowest BCUT2D eigenvalue weighted by molar-refractivity contribution is -0.133. The molecular weight excluding hydrogens is 280 g/mol. The summed E-state index contributed by atoms with van der Waals surface area (Å²) in [7, 11) is -3.34. The summed E-state index contributed by atoms with van der Waals surface area (Å²) in [4.78, 5) is 35.7. The first-order valence-corrected chi connectivity index (χ1v) is 8.09. The average molecular weight is 294 g/mol. The molecule has 0 saturated heterocycles. The normalized spacial score (nSPS) is 17.2. The van der Waals surface area contributed by atoms with Crippen LogP contribution in [0.25, 0.3) is 0 Å². The van der Waals surface area contributed by atoms with Crippen molar-refractivity contribution in [1.82, 2.24) is 0 Å². The molecule has 0 atom stereocenters. The van der Waals surface area contributed by atoms with Crippen molar-refractivity contribution < 1.29 is 22.8 Å². The molecule has 20 heavy (non-hydrogen) atoms. The molecule has 1 aliphatic rings. The van der Waals surface area contributed by atoms with E-state index in [4.69, 9.17) is 0 Å². The summed E-state index contributed by atoms with van der Waals surface area (Å²) < 4.78 is 22.7. The Kier molecular flexibility index (Phi) is 3.85. The molecule has 2 rings (SSSR count). The Morgan fingerprint density at radius 3 is 2.00 bits per heavy atom. The summed E-state index contributed by atoms with van der Waals surface area (Å²) in [6, 6.07) is 5.29. The zero-order valence-corrected chi connectivity index (χ0v) is 11.8. The van der Waals surface area contributed by atoms with Crippen LogP contribution >= 0.6 is 0 Å². The van der Waals surface area contributed by atoms with Gasteiger partial charge in [-0.3, -0.25) is 14.4 Å². The van der Waals surface area contributed by atoms with Crippen molar-refractivity contribution in [3.8, 4) is 0 Å². The van der Waals surface area contributed by atoms with Gasteiger partial charge >= 0.3 is 0 Å². The van der Waals surface area contributed by atoms with Crippen molar-refractivity contribution in [2.75, 3.05) is 6.26 Å². The van der Waals surface area contributed by atoms with E-state index < -0.39 is 21.5 Å². The second kappa shape index (κ2) is 5.28. The number of carbonyl (C=O) groups excluding carboxylic acids is 3. The minimum Gasteiger partial charge on any atom is -0.298 e. The lowest BCUT2D eigenvalue weighted by atomic mass is 9.82. The van der Waals surface area contributed by atoms with Gasteiger partial charge in [0, 0.05) is 24.7 Å². The number of rotatable bonds is 3. The first-order valence-electron chi connectivity index (χ1n) is 6.20. The molecule has 1 saturated carbocycles. The van der Waals surface area contributed by atoms with Crippen LogP contribution in [0, 0.1) is 5.92 Å². The van der Waals surface area contributed by atoms with E-state index in [0.717, 1.165) is 6.26 Å². The summed E-state index contributed by atoms with van der Waals surface area (Å²) in [5.74, 6) is -2.45. The van der Waals surface area contributed by atoms with E-state index in [2.05, 4.69) is 0 Å². The zero-order valence-electron chi connectivity index (χ0n) is 11.0. The monoisotopic (exact) mass is 294 g/mol. The fourth-order valence-electron chi connectivity index (χ4n) is 2.23. The largest absolute Gasteiger partial charge is 0.298 e. The summed E-state index contributed by atoms with van der Waals surface area (Å²) in [6.07, 6.45) is 2.04. The van der Waals surface area contributed by atoms with Crippen LogP contribution < -0.4 is 0 Å². The maximum atomic E-state index is 12.2. The predicted molar refractivity (Wildman–Crippen MR) is 71.2 cm³/mol. The van der Waals surface area contributed by atoms with Gasteiger partial charge in [0.15, 0.2) is 27.2 Å². The van der Waals surface area contributed by atoms with Crippen molar-refractivity contribution >= 4 is 27.2 Å². The van der Waals surface area contributed by atoms with Gasteiger partial charge in [-0.05, 0) is 18.6 Å². The number of carbonyl (C=O) groups is 3. The SMILES string of the molecule is CS(=O)(=O)c1ccc(C(=O)C2C(=O)CCCC2=O)cc1. The summed E-state index contributed by atoms with van der Waals surface area (Å²) in [6.45, 7) is 0. The van der Waals surface area contributed by atoms with Gasteiger partial charge in [0.1, 0.15) is 5.92 Å². The lowest BCUT2D eigenvalue weighted by Crippen LogP contribution is -2.35. The summed E-state index contributed by atoms with van der Waals surface area (Å²) in [5.41, 5.74) is 0.186. The highest BCUT2D eigenvalue weighted by molar-refractivity contribution is 7.90. The van der Waals surface area contributed by atoms with Crippen LogP contribution in [0.1, 0.15) is 29.6 Å². The van der Waals surface area contributed by atoms with Gasteiger partial charge in [0.2, 0.25) is 0 Å². The molecule has 0 amide bonds. The molecule has 0 radical (unpaired) electrons. The molecule has 0 unspecified atom stereocenters. The second-order valence-corrected chi connectivity index (χ2v) is 6.90. The van der Waals surface area contributed by atoms with Crippen LogP contribution in [0.2, 0.25) is 0 Å². The van der Waals surface area contributed by atoms with E-state index in [1.54, 1.807) is 0 Å². The van der Waals surface area contributed by atoms with Crippen LogP contribution in [0.15, 0.2) is 29.2 Å². The third-order valence-corrected chi connectivity index (χ3v) is 4.45. The van der Waals surface area contributed by atoms with Gasteiger partial charge in [0.25, 0.3) is 0 Å². The number of hydrogen-bond donors (Lipinski definition) is 0. The van der Waals surface area contributed by atoms with Crippen molar-refractivity contribution in [2.45, 2.75) is 24.2 Å². The van der Waals surface area contributed by atoms with Crippen LogP contribution in [0.4, 0.5) is 0 Å². The van der Waals surface area contributed by atoms with Crippen molar-refractivity contribution in [3.63, 3.8) is 0 Å². The van der Waals surface area contributed by atoms with E-state index in [9.17, 15) is 22.8 Å². The van der Waals surface area contributed by atoms with E-state index in [0.29, 0.717) is 6.42 Å². The second-order valence-electron chi connectivity index (χ2n) is 4.88. The Balaban J connectivity index is 2.29. The fraction of sp³-hybridized carbons (Fsp3) is 0.357. The van der Waals surface area contributed by atoms with Gasteiger partial charge in [-0.1, -0.05) is 12.1 Å². The van der Waals surface area contributed by atoms with Crippen molar-refractivity contribution in [2.24, 2.45) is 5.92 Å². The topological polar surface area (TPSA) is 85.3 Å². The van der Waals surface area contributed by atoms with E-state index in [1.165, 1.54) is 24.3 Å². The highest BCUT2D eigenvalue weighted by atomic mass is 32.2. The number of sulfone groups is 1. The molecule has 1 aromatic carbocycles.